The molecule has 0 unspecified atom stereocenters. The minimum absolute atomic E-state index is 0.0570. The maximum absolute atomic E-state index is 12.7. The molecule has 1 saturated heterocycles. The average Bonchev–Trinajstić information content (AvgIpc) is 3.25. The third-order valence-electron chi connectivity index (χ3n) is 6.61. The molecule has 0 bridgehead atoms. The highest BCUT2D eigenvalue weighted by atomic mass is 16.6. The van der Waals surface area contributed by atoms with Gasteiger partial charge >= 0.3 is 6.09 Å². The Bertz CT molecular complexity index is 1080. The molecule has 5 rings (SSSR count). The van der Waals surface area contributed by atoms with Crippen LogP contribution >= 0.6 is 0 Å². The number of nitrogens with one attached hydrogen (secondary N) is 1. The summed E-state index contributed by atoms with van der Waals surface area (Å²) in [4.78, 5) is 31.5. The molecule has 3 aliphatic rings. The molecule has 1 spiro atoms. The van der Waals surface area contributed by atoms with Crippen LogP contribution in [0.4, 0.5) is 10.5 Å². The number of imidazole rings is 1. The Labute approximate surface area is 180 Å². The highest BCUT2D eigenvalue weighted by Gasteiger charge is 2.56. The average molecular weight is 419 g/mol. The molecule has 1 aromatic carbocycles. The predicted molar refractivity (Wildman–Crippen MR) is 112 cm³/mol. The third kappa shape index (κ3) is 3.25. The van der Waals surface area contributed by atoms with Crippen LogP contribution in [0.3, 0.4) is 0 Å². The first-order valence-corrected chi connectivity index (χ1v) is 10.9. The maximum atomic E-state index is 12.7. The number of unbranched alkanes of at least 4 members (excludes halogenated alkanes) is 1. The zero-order valence-electron chi connectivity index (χ0n) is 17.4. The molecule has 31 heavy (non-hydrogen) atoms. The standard InChI is InChI=1S/C23H25N5O3/c24-11-5-6-12-28-19-10-4-3-9-18(19)25-20(28)13-31-22(30)27-14-23(15-27)16-7-1-2-8-17(16)26-21(23)29/h1-2,7-8H,3-6,9-10,12-15H2,(H,26,29). The van der Waals surface area contributed by atoms with Crippen LogP contribution in [0, 0.1) is 11.3 Å². The number of carbonyl (C=O) groups is 2. The highest BCUT2D eigenvalue weighted by molar-refractivity contribution is 6.08. The van der Waals surface area contributed by atoms with E-state index in [9.17, 15) is 9.59 Å². The molecule has 1 aliphatic carbocycles. The van der Waals surface area contributed by atoms with Gasteiger partial charge in [-0.2, -0.15) is 5.26 Å². The van der Waals surface area contributed by atoms with Gasteiger partial charge in [0, 0.05) is 37.4 Å². The van der Waals surface area contributed by atoms with Crippen molar-refractivity contribution < 1.29 is 14.3 Å². The van der Waals surface area contributed by atoms with E-state index in [1.807, 2.05) is 24.3 Å². The number of aromatic nitrogens is 2. The molecule has 3 heterocycles. The van der Waals surface area contributed by atoms with Crippen LogP contribution in [0.15, 0.2) is 24.3 Å². The number of fused-ring (bicyclic) bond motifs is 3. The van der Waals surface area contributed by atoms with Gasteiger partial charge < -0.3 is 19.5 Å². The second-order valence-electron chi connectivity index (χ2n) is 8.53. The minimum Gasteiger partial charge on any atom is -0.441 e. The van der Waals surface area contributed by atoms with Crippen LogP contribution in [-0.2, 0) is 40.9 Å². The van der Waals surface area contributed by atoms with Crippen LogP contribution in [-0.4, -0.2) is 39.5 Å². The number of amides is 2. The van der Waals surface area contributed by atoms with Crippen LogP contribution < -0.4 is 5.32 Å². The number of nitrogens with zero attached hydrogens (tertiary/aromatic N) is 4. The number of carbonyl (C=O) groups excluding carboxylic acids is 2. The molecule has 0 saturated carbocycles. The monoisotopic (exact) mass is 419 g/mol. The number of nitriles is 1. The molecule has 1 fully saturated rings. The quantitative estimate of drug-likeness (QED) is 0.751. The summed E-state index contributed by atoms with van der Waals surface area (Å²) in [6.07, 6.45) is 5.01. The lowest BCUT2D eigenvalue weighted by atomic mass is 9.75. The highest BCUT2D eigenvalue weighted by Crippen LogP contribution is 2.44. The summed E-state index contributed by atoms with van der Waals surface area (Å²) in [6.45, 7) is 1.46. The lowest BCUT2D eigenvalue weighted by Gasteiger charge is -2.45. The Kier molecular flexibility index (Phi) is 4.89. The fourth-order valence-electron chi connectivity index (χ4n) is 4.99. The Balaban J connectivity index is 1.25. The predicted octanol–water partition coefficient (Wildman–Crippen LogP) is 2.91. The first-order chi connectivity index (χ1) is 15.1. The molecule has 0 atom stereocenters. The van der Waals surface area contributed by atoms with E-state index in [0.29, 0.717) is 26.1 Å². The topological polar surface area (TPSA) is 100 Å². The normalized spacial score (nSPS) is 18.0. The lowest BCUT2D eigenvalue weighted by Crippen LogP contribution is -2.64. The number of ether oxygens (including phenoxy) is 1. The Morgan fingerprint density at radius 2 is 2.06 bits per heavy atom. The largest absolute Gasteiger partial charge is 0.441 e. The van der Waals surface area contributed by atoms with Gasteiger partial charge in [-0.3, -0.25) is 4.79 Å². The van der Waals surface area contributed by atoms with Gasteiger partial charge in [-0.15, -0.1) is 0 Å². The van der Waals surface area contributed by atoms with Crippen molar-refractivity contribution in [2.75, 3.05) is 18.4 Å². The van der Waals surface area contributed by atoms with Crippen molar-refractivity contribution in [1.29, 1.82) is 5.26 Å². The summed E-state index contributed by atoms with van der Waals surface area (Å²) >= 11 is 0. The molecule has 8 nitrogen and oxygen atoms in total. The summed E-state index contributed by atoms with van der Waals surface area (Å²) in [6, 6.07) is 9.82. The van der Waals surface area contributed by atoms with Crippen LogP contribution in [0.25, 0.3) is 0 Å². The van der Waals surface area contributed by atoms with Crippen molar-refractivity contribution in [2.24, 2.45) is 0 Å². The lowest BCUT2D eigenvalue weighted by molar-refractivity contribution is -0.126. The molecule has 2 amide bonds. The van der Waals surface area contributed by atoms with E-state index in [1.165, 1.54) is 5.69 Å². The Hall–Kier alpha value is -3.34. The van der Waals surface area contributed by atoms with E-state index in [2.05, 4.69) is 16.0 Å². The number of anilines is 1. The molecule has 2 aliphatic heterocycles. The SMILES string of the molecule is N#CCCCn1c(COC(=O)N2CC3(C2)C(=O)Nc2ccccc23)nc2c1CCCC2. The summed E-state index contributed by atoms with van der Waals surface area (Å²) in [5.41, 5.74) is 3.42. The number of hydrogen-bond acceptors (Lipinski definition) is 5. The third-order valence-corrected chi connectivity index (χ3v) is 6.61. The summed E-state index contributed by atoms with van der Waals surface area (Å²) in [7, 11) is 0. The van der Waals surface area contributed by atoms with Gasteiger partial charge in [-0.05, 0) is 43.7 Å². The zero-order chi connectivity index (χ0) is 21.4. The Morgan fingerprint density at radius 3 is 2.90 bits per heavy atom. The van der Waals surface area contributed by atoms with Crippen molar-refractivity contribution >= 4 is 17.7 Å². The van der Waals surface area contributed by atoms with Crippen molar-refractivity contribution in [3.05, 3.63) is 47.0 Å². The summed E-state index contributed by atoms with van der Waals surface area (Å²) < 4.78 is 7.73. The molecule has 1 N–H and O–H groups in total. The van der Waals surface area contributed by atoms with E-state index in [4.69, 9.17) is 15.0 Å². The molecule has 8 heteroatoms. The van der Waals surface area contributed by atoms with Crippen molar-refractivity contribution in [2.45, 2.75) is 57.1 Å². The molecule has 0 radical (unpaired) electrons. The molecule has 1 aromatic heterocycles. The van der Waals surface area contributed by atoms with Gasteiger partial charge in [0.1, 0.15) is 11.2 Å². The zero-order valence-corrected chi connectivity index (χ0v) is 17.4. The number of para-hydroxylation sites is 1. The van der Waals surface area contributed by atoms with Crippen molar-refractivity contribution in [1.82, 2.24) is 14.5 Å². The number of aryl methyl sites for hydroxylation is 1. The van der Waals surface area contributed by atoms with Gasteiger partial charge in [0.25, 0.3) is 0 Å². The number of rotatable bonds is 5. The number of benzene rings is 1. The van der Waals surface area contributed by atoms with Crippen molar-refractivity contribution in [3.63, 3.8) is 0 Å². The van der Waals surface area contributed by atoms with Crippen LogP contribution in [0.2, 0.25) is 0 Å². The fourth-order valence-corrected chi connectivity index (χ4v) is 4.99. The summed E-state index contributed by atoms with van der Waals surface area (Å²) in [5.74, 6) is 0.691. The Morgan fingerprint density at radius 1 is 1.26 bits per heavy atom. The smallest absolute Gasteiger partial charge is 0.410 e. The first-order valence-electron chi connectivity index (χ1n) is 10.9. The number of hydrogen-bond donors (Lipinski definition) is 1. The second kappa shape index (κ2) is 7.73. The first kappa shape index (κ1) is 19.6. The molecular weight excluding hydrogens is 394 g/mol. The maximum Gasteiger partial charge on any atom is 0.410 e. The van der Waals surface area contributed by atoms with Gasteiger partial charge in [-0.1, -0.05) is 18.2 Å². The van der Waals surface area contributed by atoms with Crippen molar-refractivity contribution in [3.8, 4) is 6.07 Å². The van der Waals surface area contributed by atoms with E-state index in [-0.39, 0.29) is 12.5 Å². The molecule has 160 valence electrons. The van der Waals surface area contributed by atoms with Gasteiger partial charge in [0.15, 0.2) is 6.61 Å². The second-order valence-corrected chi connectivity index (χ2v) is 8.53. The van der Waals surface area contributed by atoms with Gasteiger partial charge in [0.05, 0.1) is 11.8 Å². The molecular formula is C23H25N5O3. The molecule has 2 aromatic rings. The van der Waals surface area contributed by atoms with E-state index in [1.54, 1.807) is 4.90 Å². The van der Waals surface area contributed by atoms with Gasteiger partial charge in [0.2, 0.25) is 5.91 Å². The number of likely N-dealkylation sites (tertiary alicyclic amines) is 1. The van der Waals surface area contributed by atoms with Crippen LogP contribution in [0.1, 0.15) is 48.5 Å². The summed E-state index contributed by atoms with van der Waals surface area (Å²) in [5, 5.41) is 11.8. The van der Waals surface area contributed by atoms with Gasteiger partial charge in [-0.25, -0.2) is 9.78 Å². The van der Waals surface area contributed by atoms with E-state index < -0.39 is 11.5 Å². The fraction of sp³-hybridized carbons (Fsp3) is 0.478. The van der Waals surface area contributed by atoms with E-state index in [0.717, 1.165) is 54.9 Å². The van der Waals surface area contributed by atoms with Crippen LogP contribution in [0.5, 0.6) is 0 Å². The minimum atomic E-state index is -0.662. The van der Waals surface area contributed by atoms with E-state index >= 15 is 0 Å².